The molecule has 0 aliphatic rings. The van der Waals surface area contributed by atoms with Crippen molar-refractivity contribution in [2.24, 2.45) is 0 Å². The third kappa shape index (κ3) is 2.19. The molecule has 2 aromatic rings. The van der Waals surface area contributed by atoms with Crippen molar-refractivity contribution in [3.05, 3.63) is 30.0 Å². The van der Waals surface area contributed by atoms with E-state index in [0.29, 0.717) is 5.52 Å². The van der Waals surface area contributed by atoms with E-state index in [1.54, 1.807) is 0 Å². The minimum Gasteiger partial charge on any atom is -0.497 e. The maximum atomic E-state index is 8.26. The van der Waals surface area contributed by atoms with E-state index in [1.165, 1.54) is 24.4 Å². The number of aromatic amines is 1. The van der Waals surface area contributed by atoms with Crippen LogP contribution in [-0.2, 0) is 6.37 Å². The first-order valence-electron chi connectivity index (χ1n) is 10.1. The van der Waals surface area contributed by atoms with Crippen molar-refractivity contribution >= 4 is 10.9 Å². The minimum atomic E-state index is -3.03. The molecule has 0 saturated carbocycles. The third-order valence-corrected chi connectivity index (χ3v) is 2.20. The molecule has 1 heterocycles. The van der Waals surface area contributed by atoms with Crippen molar-refractivity contribution in [1.82, 2.24) is 9.88 Å². The van der Waals surface area contributed by atoms with Gasteiger partial charge >= 0.3 is 0 Å². The van der Waals surface area contributed by atoms with Gasteiger partial charge in [0.1, 0.15) is 5.75 Å². The number of aromatic nitrogens is 1. The highest BCUT2D eigenvalue weighted by atomic mass is 16.5. The van der Waals surface area contributed by atoms with E-state index in [9.17, 15) is 0 Å². The van der Waals surface area contributed by atoms with Crippen molar-refractivity contribution in [2.45, 2.75) is 6.37 Å². The van der Waals surface area contributed by atoms with Gasteiger partial charge in [-0.1, -0.05) is 0 Å². The fraction of sp³-hybridized carbons (Fsp3) is 0.385. The number of hydrogen-bond acceptors (Lipinski definition) is 2. The molecule has 0 unspecified atom stereocenters. The van der Waals surface area contributed by atoms with E-state index in [-0.39, 0.29) is 21.6 Å². The lowest BCUT2D eigenvalue weighted by molar-refractivity contribution is 0.413. The standard InChI is InChI=1S/C13H18N2O/c1-15(2)7-6-10-9-14-13-5-4-11(16-3)8-12(10)13/h4-5,8-9,14H,6-7H2,1-3H3/i1D3,2D3,3D3,6D2. The number of methoxy groups -OCH3 is 1. The van der Waals surface area contributed by atoms with E-state index < -0.39 is 33.9 Å². The van der Waals surface area contributed by atoms with Crippen LogP contribution in [0.1, 0.15) is 20.6 Å². The van der Waals surface area contributed by atoms with Crippen molar-refractivity contribution in [3.63, 3.8) is 0 Å². The lowest BCUT2D eigenvalue weighted by atomic mass is 10.1. The van der Waals surface area contributed by atoms with E-state index in [4.69, 9.17) is 19.8 Å². The van der Waals surface area contributed by atoms with Crippen LogP contribution in [0, 0.1) is 0 Å². The monoisotopic (exact) mass is 229 g/mol. The average molecular weight is 229 g/mol. The molecule has 0 saturated heterocycles. The Balaban J connectivity index is 2.45. The molecule has 16 heavy (non-hydrogen) atoms. The second kappa shape index (κ2) is 4.58. The first kappa shape index (κ1) is 3.77. The summed E-state index contributed by atoms with van der Waals surface area (Å²) in [4.78, 5) is 2.94. The first-order valence-corrected chi connectivity index (χ1v) is 4.59. The van der Waals surface area contributed by atoms with E-state index in [0.717, 1.165) is 0 Å². The zero-order valence-electron chi connectivity index (χ0n) is 19.4. The smallest absolute Gasteiger partial charge is 0.119 e. The number of nitrogens with zero attached hydrogens (tertiary/aromatic N) is 1. The molecule has 0 atom stereocenters. The summed E-state index contributed by atoms with van der Waals surface area (Å²) < 4.78 is 87.1. The third-order valence-electron chi connectivity index (χ3n) is 2.20. The largest absolute Gasteiger partial charge is 0.497 e. The summed E-state index contributed by atoms with van der Waals surface area (Å²) in [6, 6.07) is 4.18. The van der Waals surface area contributed by atoms with Gasteiger partial charge in [-0.25, -0.2) is 0 Å². The zero-order valence-corrected chi connectivity index (χ0v) is 8.37. The molecule has 3 heteroatoms. The van der Waals surface area contributed by atoms with Crippen molar-refractivity contribution in [2.75, 3.05) is 27.5 Å². The molecule has 1 aromatic heterocycles. The second-order valence-electron chi connectivity index (χ2n) is 3.27. The summed E-state index contributed by atoms with van der Waals surface area (Å²) in [6.07, 6.45) is -1.07. The van der Waals surface area contributed by atoms with Gasteiger partial charge in [0.25, 0.3) is 0 Å². The predicted octanol–water partition coefficient (Wildman–Crippen LogP) is 2.28. The normalized spacial score (nSPS) is 24.7. The Bertz CT molecular complexity index is 789. The summed E-state index contributed by atoms with van der Waals surface area (Å²) >= 11 is 0. The molecular formula is C13H18N2O. The lowest BCUT2D eigenvalue weighted by Gasteiger charge is -2.08. The van der Waals surface area contributed by atoms with Crippen LogP contribution in [-0.4, -0.2) is 37.4 Å². The molecule has 0 fully saturated rings. The minimum absolute atomic E-state index is 0.00741. The van der Waals surface area contributed by atoms with Crippen LogP contribution >= 0.6 is 0 Å². The maximum absolute atomic E-state index is 8.26. The van der Waals surface area contributed by atoms with Gasteiger partial charge in [0, 0.05) is 34.6 Å². The summed E-state index contributed by atoms with van der Waals surface area (Å²) in [5, 5.41) is 0.262. The van der Waals surface area contributed by atoms with Gasteiger partial charge < -0.3 is 14.6 Å². The fourth-order valence-electron chi connectivity index (χ4n) is 1.47. The summed E-state index contributed by atoms with van der Waals surface area (Å²) in [6.45, 7) is -6.97. The van der Waals surface area contributed by atoms with Crippen molar-refractivity contribution in [3.8, 4) is 5.75 Å². The van der Waals surface area contributed by atoms with Crippen LogP contribution < -0.4 is 4.74 Å². The van der Waals surface area contributed by atoms with Crippen molar-refractivity contribution in [1.29, 1.82) is 0 Å². The molecule has 0 bridgehead atoms. The maximum Gasteiger partial charge on any atom is 0.119 e. The number of nitrogens with one attached hydrogen (secondary N) is 1. The van der Waals surface area contributed by atoms with Gasteiger partial charge in [-0.2, -0.15) is 0 Å². The lowest BCUT2D eigenvalue weighted by Crippen LogP contribution is -2.14. The van der Waals surface area contributed by atoms with Crippen LogP contribution in [0.3, 0.4) is 0 Å². The Morgan fingerprint density at radius 1 is 1.50 bits per heavy atom. The molecule has 0 radical (unpaired) electrons. The number of likely N-dealkylation sites (N-methyl/N-ethyl adjacent to an activating group) is 1. The summed E-state index contributed by atoms with van der Waals surface area (Å²) in [5.41, 5.74) is 0.452. The van der Waals surface area contributed by atoms with E-state index >= 15 is 0 Å². The Hall–Kier alpha value is -1.48. The van der Waals surface area contributed by atoms with Gasteiger partial charge in [0.15, 0.2) is 0 Å². The molecule has 0 aliphatic heterocycles. The molecule has 1 N–H and O–H groups in total. The Morgan fingerprint density at radius 2 is 2.44 bits per heavy atom. The fourth-order valence-corrected chi connectivity index (χ4v) is 1.47. The van der Waals surface area contributed by atoms with Crippen LogP contribution in [0.25, 0.3) is 10.9 Å². The quantitative estimate of drug-likeness (QED) is 0.871. The molecule has 2 rings (SSSR count). The molecule has 3 nitrogen and oxygen atoms in total. The molecule has 1 aromatic carbocycles. The van der Waals surface area contributed by atoms with Gasteiger partial charge in [-0.3, -0.25) is 0 Å². The van der Waals surface area contributed by atoms with E-state index in [2.05, 4.69) is 4.98 Å². The summed E-state index contributed by atoms with van der Waals surface area (Å²) in [7, 11) is -2.69. The summed E-state index contributed by atoms with van der Waals surface area (Å²) in [5.74, 6) is -0.0253. The van der Waals surface area contributed by atoms with Crippen molar-refractivity contribution < 1.29 is 19.8 Å². The first-order chi connectivity index (χ1) is 12.0. The van der Waals surface area contributed by atoms with Crippen LogP contribution in [0.15, 0.2) is 24.4 Å². The number of ether oxygens (including phenoxy) is 1. The molecule has 0 spiro atoms. The zero-order chi connectivity index (χ0) is 20.8. The topological polar surface area (TPSA) is 28.3 Å². The molecule has 0 amide bonds. The Kier molecular flexibility index (Phi) is 1.08. The molecular weight excluding hydrogens is 200 g/mol. The van der Waals surface area contributed by atoms with E-state index in [1.807, 2.05) is 0 Å². The average Bonchev–Trinajstić information content (AvgIpc) is 2.84. The molecule has 86 valence electrons. The highest BCUT2D eigenvalue weighted by molar-refractivity contribution is 5.84. The second-order valence-corrected chi connectivity index (χ2v) is 3.27. The van der Waals surface area contributed by atoms with Gasteiger partial charge in [-0.15, -0.1) is 0 Å². The highest BCUT2D eigenvalue weighted by Crippen LogP contribution is 2.23. The Labute approximate surface area is 111 Å². The van der Waals surface area contributed by atoms with Crippen LogP contribution in [0.4, 0.5) is 0 Å². The SMILES string of the molecule is [2H]C([2H])([2H])Oc1ccc2[nH]cc(C([2H])([2H])CN(C([2H])([2H])[2H])C([2H])([2H])[2H])c2c1. The number of rotatable bonds is 4. The van der Waals surface area contributed by atoms with Gasteiger partial charge in [-0.05, 0) is 44.1 Å². The number of benzene rings is 1. The molecule has 0 aliphatic carbocycles. The number of H-pyrrole nitrogens is 1. The van der Waals surface area contributed by atoms with Gasteiger partial charge in [0.2, 0.25) is 0 Å². The Morgan fingerprint density at radius 3 is 3.25 bits per heavy atom. The van der Waals surface area contributed by atoms with Crippen LogP contribution in [0.2, 0.25) is 0 Å². The van der Waals surface area contributed by atoms with Crippen LogP contribution in [0.5, 0.6) is 5.75 Å². The highest BCUT2D eigenvalue weighted by Gasteiger charge is 2.05. The van der Waals surface area contributed by atoms with Gasteiger partial charge in [0.05, 0.1) is 11.2 Å². The number of hydrogen-bond donors (Lipinski definition) is 1. The number of fused-ring (bicyclic) bond motifs is 1. The predicted molar refractivity (Wildman–Crippen MR) is 67.1 cm³/mol.